The highest BCUT2D eigenvalue weighted by molar-refractivity contribution is 6.35. The molecule has 0 aliphatic carbocycles. The van der Waals surface area contributed by atoms with Crippen LogP contribution in [0.1, 0.15) is 33.3 Å². The Morgan fingerprint density at radius 1 is 1.11 bits per heavy atom. The highest BCUT2D eigenvalue weighted by Gasteiger charge is 2.11. The van der Waals surface area contributed by atoms with Crippen LogP contribution in [0.2, 0.25) is 10.0 Å². The summed E-state index contributed by atoms with van der Waals surface area (Å²) in [5.41, 5.74) is 1.01. The van der Waals surface area contributed by atoms with Gasteiger partial charge in [0.15, 0.2) is 0 Å². The van der Waals surface area contributed by atoms with Crippen molar-refractivity contribution in [1.29, 1.82) is 0 Å². The monoisotopic (exact) mass is 303 g/mol. The molecule has 1 N–H and O–H groups in total. The van der Waals surface area contributed by atoms with Crippen LogP contribution in [-0.4, -0.2) is 13.2 Å². The Hall–Kier alpha value is -0.440. The van der Waals surface area contributed by atoms with E-state index in [2.05, 4.69) is 33.0 Å². The second-order valence-corrected chi connectivity index (χ2v) is 6.45. The lowest BCUT2D eigenvalue weighted by Crippen LogP contribution is -2.19. The van der Waals surface area contributed by atoms with Crippen molar-refractivity contribution in [2.45, 2.75) is 34.2 Å². The van der Waals surface area contributed by atoms with Gasteiger partial charge >= 0.3 is 0 Å². The third-order valence-corrected chi connectivity index (χ3v) is 3.01. The molecule has 0 saturated heterocycles. The van der Waals surface area contributed by atoms with Gasteiger partial charge in [0.2, 0.25) is 0 Å². The number of nitrogens with one attached hydrogen (secondary N) is 1. The van der Waals surface area contributed by atoms with Crippen molar-refractivity contribution in [3.05, 3.63) is 27.7 Å². The van der Waals surface area contributed by atoms with E-state index in [1.54, 1.807) is 6.07 Å². The average molecular weight is 304 g/mol. The molecule has 1 aromatic rings. The van der Waals surface area contributed by atoms with E-state index in [1.165, 1.54) is 0 Å². The van der Waals surface area contributed by atoms with Gasteiger partial charge in [-0.1, -0.05) is 50.9 Å². The zero-order chi connectivity index (χ0) is 14.4. The van der Waals surface area contributed by atoms with Crippen LogP contribution in [0.25, 0.3) is 0 Å². The molecule has 0 atom stereocenters. The second-order valence-electron chi connectivity index (χ2n) is 5.61. The highest BCUT2D eigenvalue weighted by atomic mass is 35.5. The molecule has 0 aromatic heterocycles. The van der Waals surface area contributed by atoms with Crippen LogP contribution in [0.4, 0.5) is 0 Å². The molecule has 1 aromatic carbocycles. The number of hydrogen-bond donors (Lipinski definition) is 1. The first kappa shape index (κ1) is 16.6. The maximum Gasteiger partial charge on any atom is 0.142 e. The molecule has 19 heavy (non-hydrogen) atoms. The third kappa shape index (κ3) is 6.03. The van der Waals surface area contributed by atoms with Crippen molar-refractivity contribution < 1.29 is 4.74 Å². The summed E-state index contributed by atoms with van der Waals surface area (Å²) in [7, 11) is 0. The van der Waals surface area contributed by atoms with E-state index in [-0.39, 0.29) is 0 Å². The SMILES string of the molecule is CC(C)CNCc1cc(Cl)cc(Cl)c1OCC(C)C. The van der Waals surface area contributed by atoms with Crippen LogP contribution in [0.15, 0.2) is 12.1 Å². The van der Waals surface area contributed by atoms with Gasteiger partial charge in [0.1, 0.15) is 5.75 Å². The van der Waals surface area contributed by atoms with E-state index in [4.69, 9.17) is 27.9 Å². The van der Waals surface area contributed by atoms with Gasteiger partial charge < -0.3 is 10.1 Å². The number of ether oxygens (including phenoxy) is 1. The van der Waals surface area contributed by atoms with Crippen molar-refractivity contribution in [2.75, 3.05) is 13.2 Å². The smallest absolute Gasteiger partial charge is 0.142 e. The molecule has 0 amide bonds. The molecule has 0 fully saturated rings. The Bertz CT molecular complexity index is 405. The predicted molar refractivity (Wildman–Crippen MR) is 83.3 cm³/mol. The van der Waals surface area contributed by atoms with Crippen molar-refractivity contribution >= 4 is 23.2 Å². The van der Waals surface area contributed by atoms with Crippen molar-refractivity contribution in [3.8, 4) is 5.75 Å². The normalized spacial score (nSPS) is 11.4. The highest BCUT2D eigenvalue weighted by Crippen LogP contribution is 2.32. The zero-order valence-corrected chi connectivity index (χ0v) is 13.6. The van der Waals surface area contributed by atoms with Gasteiger partial charge in [0.05, 0.1) is 11.6 Å². The predicted octanol–water partition coefficient (Wildman–Crippen LogP) is 4.77. The summed E-state index contributed by atoms with van der Waals surface area (Å²) in [4.78, 5) is 0. The first-order valence-electron chi connectivity index (χ1n) is 6.71. The zero-order valence-electron chi connectivity index (χ0n) is 12.1. The Balaban J connectivity index is 2.80. The summed E-state index contributed by atoms with van der Waals surface area (Å²) in [5.74, 6) is 1.81. The Labute approximate surface area is 126 Å². The molecule has 4 heteroatoms. The molecule has 0 radical (unpaired) electrons. The molecular formula is C15H23Cl2NO. The van der Waals surface area contributed by atoms with E-state index in [0.717, 1.165) is 17.9 Å². The fourth-order valence-electron chi connectivity index (χ4n) is 1.65. The van der Waals surface area contributed by atoms with Crippen LogP contribution in [0, 0.1) is 11.8 Å². The molecular weight excluding hydrogens is 281 g/mol. The maximum absolute atomic E-state index is 6.22. The topological polar surface area (TPSA) is 21.3 Å². The molecule has 0 bridgehead atoms. The lowest BCUT2D eigenvalue weighted by atomic mass is 10.1. The average Bonchev–Trinajstić information content (AvgIpc) is 2.26. The van der Waals surface area contributed by atoms with Gasteiger partial charge in [-0.05, 0) is 30.5 Å². The Morgan fingerprint density at radius 2 is 1.79 bits per heavy atom. The minimum atomic E-state index is 0.461. The molecule has 1 rings (SSSR count). The molecule has 0 aliphatic heterocycles. The van der Waals surface area contributed by atoms with Crippen LogP contribution >= 0.6 is 23.2 Å². The Kier molecular flexibility index (Phi) is 6.98. The summed E-state index contributed by atoms with van der Waals surface area (Å²) < 4.78 is 5.81. The van der Waals surface area contributed by atoms with Gasteiger partial charge in [0, 0.05) is 17.1 Å². The van der Waals surface area contributed by atoms with Crippen LogP contribution < -0.4 is 10.1 Å². The molecule has 108 valence electrons. The van der Waals surface area contributed by atoms with Gasteiger partial charge in [-0.2, -0.15) is 0 Å². The van der Waals surface area contributed by atoms with E-state index in [0.29, 0.717) is 35.0 Å². The van der Waals surface area contributed by atoms with E-state index >= 15 is 0 Å². The summed E-state index contributed by atoms with van der Waals surface area (Å²) in [6.45, 7) is 10.9. The number of hydrogen-bond acceptors (Lipinski definition) is 2. The van der Waals surface area contributed by atoms with E-state index < -0.39 is 0 Å². The molecule has 2 nitrogen and oxygen atoms in total. The van der Waals surface area contributed by atoms with Gasteiger partial charge in [-0.15, -0.1) is 0 Å². The van der Waals surface area contributed by atoms with Gasteiger partial charge in [-0.3, -0.25) is 0 Å². The van der Waals surface area contributed by atoms with E-state index in [9.17, 15) is 0 Å². The van der Waals surface area contributed by atoms with Crippen LogP contribution in [0.5, 0.6) is 5.75 Å². The van der Waals surface area contributed by atoms with Gasteiger partial charge in [-0.25, -0.2) is 0 Å². The quantitative estimate of drug-likeness (QED) is 0.783. The van der Waals surface area contributed by atoms with Crippen molar-refractivity contribution in [3.63, 3.8) is 0 Å². The first-order chi connectivity index (χ1) is 8.90. The number of rotatable bonds is 7. The molecule has 0 aliphatic rings. The third-order valence-electron chi connectivity index (χ3n) is 2.51. The molecule has 0 spiro atoms. The molecule has 0 unspecified atom stereocenters. The van der Waals surface area contributed by atoms with E-state index in [1.807, 2.05) is 6.07 Å². The summed E-state index contributed by atoms with van der Waals surface area (Å²) in [6.07, 6.45) is 0. The largest absolute Gasteiger partial charge is 0.491 e. The summed E-state index contributed by atoms with van der Waals surface area (Å²) in [6, 6.07) is 3.64. The van der Waals surface area contributed by atoms with Gasteiger partial charge in [0.25, 0.3) is 0 Å². The van der Waals surface area contributed by atoms with Crippen molar-refractivity contribution in [2.24, 2.45) is 11.8 Å². The number of benzene rings is 1. The lowest BCUT2D eigenvalue weighted by Gasteiger charge is -2.16. The van der Waals surface area contributed by atoms with Crippen LogP contribution in [0.3, 0.4) is 0 Å². The standard InChI is InChI=1S/C15H23Cl2NO/c1-10(2)7-18-8-12-5-13(16)6-14(17)15(12)19-9-11(3)4/h5-6,10-11,18H,7-9H2,1-4H3. The Morgan fingerprint density at radius 3 is 2.37 bits per heavy atom. The van der Waals surface area contributed by atoms with Crippen LogP contribution in [-0.2, 0) is 6.54 Å². The molecule has 0 saturated carbocycles. The lowest BCUT2D eigenvalue weighted by molar-refractivity contribution is 0.268. The van der Waals surface area contributed by atoms with Crippen molar-refractivity contribution in [1.82, 2.24) is 5.32 Å². The minimum absolute atomic E-state index is 0.461. The minimum Gasteiger partial charge on any atom is -0.491 e. The fourth-order valence-corrected chi connectivity index (χ4v) is 2.24. The molecule has 0 heterocycles. The second kappa shape index (κ2) is 7.98. The maximum atomic E-state index is 6.22. The summed E-state index contributed by atoms with van der Waals surface area (Å²) >= 11 is 12.3. The summed E-state index contributed by atoms with van der Waals surface area (Å²) in [5, 5.41) is 4.61. The fraction of sp³-hybridized carbons (Fsp3) is 0.600. The number of halogens is 2. The first-order valence-corrected chi connectivity index (χ1v) is 7.47.